The minimum Gasteiger partial charge on any atom is -0.477 e. The van der Waals surface area contributed by atoms with Gasteiger partial charge < -0.3 is 10.1 Å². The van der Waals surface area contributed by atoms with Crippen LogP contribution in [0.5, 0.6) is 5.88 Å². The second-order valence-electron chi connectivity index (χ2n) is 7.42. The van der Waals surface area contributed by atoms with Crippen LogP contribution < -0.4 is 14.8 Å². The zero-order chi connectivity index (χ0) is 25.1. The number of nitrogens with zero attached hydrogens (tertiary/aromatic N) is 3. The lowest BCUT2D eigenvalue weighted by atomic mass is 9.89. The molecule has 14 heteroatoms. The van der Waals surface area contributed by atoms with E-state index >= 15 is 0 Å². The molecule has 0 aliphatic heterocycles. The first-order valence-corrected chi connectivity index (χ1v) is 12.1. The Morgan fingerprint density at radius 1 is 1.12 bits per heavy atom. The van der Waals surface area contributed by atoms with E-state index in [1.165, 1.54) is 30.1 Å². The molecule has 1 aromatic carbocycles. The molecule has 3 rings (SSSR count). The third-order valence-electron chi connectivity index (χ3n) is 4.58. The molecule has 2 N–H and O–H groups in total. The Bertz CT molecular complexity index is 1280. The summed E-state index contributed by atoms with van der Waals surface area (Å²) < 4.78 is 67.0. The number of aromatic nitrogens is 3. The molecule has 0 unspecified atom stereocenters. The van der Waals surface area contributed by atoms with Crippen molar-refractivity contribution in [2.45, 2.75) is 31.7 Å². The molecule has 9 nitrogen and oxygen atoms in total. The number of hydrogen-bond acceptors (Lipinski definition) is 8. The lowest BCUT2D eigenvalue weighted by molar-refractivity contribution is -0.120. The summed E-state index contributed by atoms with van der Waals surface area (Å²) in [5, 5.41) is 3.55. The number of amides is 1. The Morgan fingerprint density at radius 2 is 1.79 bits per heavy atom. The third-order valence-corrected chi connectivity index (χ3v) is 6.54. The number of thiazole rings is 1. The van der Waals surface area contributed by atoms with Gasteiger partial charge in [-0.15, -0.1) is 11.3 Å². The van der Waals surface area contributed by atoms with Crippen molar-refractivity contribution >= 4 is 38.1 Å². The predicted molar refractivity (Wildman–Crippen MR) is 121 cm³/mol. The number of ether oxygens (including phenoxy) is 1. The average Bonchev–Trinajstić information content (AvgIpc) is 3.22. The highest BCUT2D eigenvalue weighted by atomic mass is 32.2. The van der Waals surface area contributed by atoms with Crippen LogP contribution >= 0.6 is 11.3 Å². The van der Waals surface area contributed by atoms with Gasteiger partial charge in [-0.2, -0.15) is 21.6 Å². The molecule has 0 saturated heterocycles. The van der Waals surface area contributed by atoms with E-state index in [-0.39, 0.29) is 5.69 Å². The summed E-state index contributed by atoms with van der Waals surface area (Å²) in [6.45, 7) is 5.32. The van der Waals surface area contributed by atoms with E-state index < -0.39 is 32.0 Å². The van der Waals surface area contributed by atoms with Crippen molar-refractivity contribution in [3.63, 3.8) is 0 Å². The number of alkyl halides is 3. The highest BCUT2D eigenvalue weighted by Crippen LogP contribution is 2.31. The molecular formula is C20H20F3N5O4S2. The van der Waals surface area contributed by atoms with Gasteiger partial charge in [-0.25, -0.2) is 9.97 Å². The number of nitrogens with one attached hydrogen (secondary N) is 2. The highest BCUT2D eigenvalue weighted by Gasteiger charge is 2.46. The van der Waals surface area contributed by atoms with Gasteiger partial charge in [0.25, 0.3) is 0 Å². The maximum atomic E-state index is 12.9. The minimum atomic E-state index is -5.60. The topological polar surface area (TPSA) is 123 Å². The lowest BCUT2D eigenvalue weighted by Crippen LogP contribution is -2.35. The zero-order valence-corrected chi connectivity index (χ0v) is 19.8. The van der Waals surface area contributed by atoms with Crippen LogP contribution in [-0.2, 0) is 20.2 Å². The predicted octanol–water partition coefficient (Wildman–Crippen LogP) is 4.18. The van der Waals surface area contributed by atoms with Crippen molar-refractivity contribution < 1.29 is 31.1 Å². The molecule has 34 heavy (non-hydrogen) atoms. The number of carbonyl (C=O) groups excluding carboxylic acids is 1. The van der Waals surface area contributed by atoms with E-state index in [0.717, 1.165) is 5.56 Å². The summed E-state index contributed by atoms with van der Waals surface area (Å²) in [5.74, 6) is -0.104. The summed E-state index contributed by atoms with van der Waals surface area (Å²) in [7, 11) is -5.60. The number of rotatable bonds is 8. The number of sulfonamides is 1. The van der Waals surface area contributed by atoms with Gasteiger partial charge in [0, 0.05) is 16.6 Å². The molecule has 3 aromatic rings. The molecule has 0 fully saturated rings. The molecular weight excluding hydrogens is 495 g/mol. The van der Waals surface area contributed by atoms with Gasteiger partial charge in [0.15, 0.2) is 5.13 Å². The molecule has 0 aliphatic rings. The van der Waals surface area contributed by atoms with Crippen LogP contribution in [0, 0.1) is 0 Å². The third kappa shape index (κ3) is 5.62. The molecule has 0 radical (unpaired) electrons. The number of hydrogen-bond donors (Lipinski definition) is 2. The smallest absolute Gasteiger partial charge is 0.477 e. The fraction of sp³-hybridized carbons (Fsp3) is 0.300. The van der Waals surface area contributed by atoms with Crippen LogP contribution in [-0.4, -0.2) is 41.4 Å². The van der Waals surface area contributed by atoms with Crippen LogP contribution in [0.4, 0.5) is 24.0 Å². The van der Waals surface area contributed by atoms with E-state index in [4.69, 9.17) is 4.74 Å². The van der Waals surface area contributed by atoms with E-state index in [1.807, 2.05) is 6.92 Å². The zero-order valence-electron chi connectivity index (χ0n) is 18.2. The van der Waals surface area contributed by atoms with Gasteiger partial charge in [-0.3, -0.25) is 14.5 Å². The number of carbonyl (C=O) groups is 1. The molecule has 0 atom stereocenters. The Balaban J connectivity index is 1.72. The first-order chi connectivity index (χ1) is 15.8. The summed E-state index contributed by atoms with van der Waals surface area (Å²) in [6.07, 6.45) is 3.08. The maximum Gasteiger partial charge on any atom is 0.516 e. The molecule has 1 amide bonds. The van der Waals surface area contributed by atoms with E-state index in [2.05, 4.69) is 20.3 Å². The summed E-state index contributed by atoms with van der Waals surface area (Å²) in [4.78, 5) is 25.1. The van der Waals surface area contributed by atoms with Crippen LogP contribution in [0.3, 0.4) is 0 Å². The van der Waals surface area contributed by atoms with Gasteiger partial charge in [-0.05, 0) is 32.9 Å². The Hall–Kier alpha value is -3.26. The monoisotopic (exact) mass is 515 g/mol. The van der Waals surface area contributed by atoms with Crippen molar-refractivity contribution in [1.29, 1.82) is 0 Å². The first kappa shape index (κ1) is 25.4. The number of anilines is 2. The molecule has 182 valence electrons. The SMILES string of the molecule is CCOc1cncc(-c2ccc(NC(=O)C(C)(C)c3csc(NS(=O)(=O)C(F)(F)F)n3)cc2)n1. The molecule has 0 spiro atoms. The van der Waals surface area contributed by atoms with Crippen LogP contribution in [0.25, 0.3) is 11.3 Å². The van der Waals surface area contributed by atoms with Crippen molar-refractivity contribution in [3.8, 4) is 17.1 Å². The summed E-state index contributed by atoms with van der Waals surface area (Å²) in [6, 6.07) is 6.77. The van der Waals surface area contributed by atoms with E-state index in [1.54, 1.807) is 30.5 Å². The average molecular weight is 516 g/mol. The van der Waals surface area contributed by atoms with Crippen molar-refractivity contribution in [2.75, 3.05) is 16.6 Å². The van der Waals surface area contributed by atoms with Crippen LogP contribution in [0.15, 0.2) is 42.0 Å². The second kappa shape index (κ2) is 9.54. The van der Waals surface area contributed by atoms with Gasteiger partial charge in [0.1, 0.15) is 0 Å². The Labute approximate surface area is 197 Å². The summed E-state index contributed by atoms with van der Waals surface area (Å²) in [5.41, 5.74) is -4.85. The standard InChI is InChI=1S/C20H20F3N5O4S2/c1-4-32-16-10-24-9-14(26-16)12-5-7-13(8-6-12)25-17(29)19(2,3)15-11-33-18(27-15)28-34(30,31)20(21,22)23/h5-11H,4H2,1-3H3,(H,25,29)(H,27,28). The quantitative estimate of drug-likeness (QED) is 0.461. The Kier molecular flexibility index (Phi) is 7.12. The molecule has 0 aliphatic carbocycles. The molecule has 0 saturated carbocycles. The minimum absolute atomic E-state index is 0.106. The van der Waals surface area contributed by atoms with Gasteiger partial charge in [0.2, 0.25) is 11.8 Å². The van der Waals surface area contributed by atoms with Crippen LogP contribution in [0.2, 0.25) is 0 Å². The molecule has 0 bridgehead atoms. The van der Waals surface area contributed by atoms with Crippen molar-refractivity contribution in [3.05, 3.63) is 47.7 Å². The Morgan fingerprint density at radius 3 is 2.41 bits per heavy atom. The van der Waals surface area contributed by atoms with Gasteiger partial charge in [-0.1, -0.05) is 12.1 Å². The van der Waals surface area contributed by atoms with Crippen molar-refractivity contribution in [2.24, 2.45) is 0 Å². The normalized spacial score (nSPS) is 12.3. The largest absolute Gasteiger partial charge is 0.516 e. The highest BCUT2D eigenvalue weighted by molar-refractivity contribution is 7.93. The van der Waals surface area contributed by atoms with Crippen molar-refractivity contribution in [1.82, 2.24) is 15.0 Å². The molecule has 2 aromatic heterocycles. The number of benzene rings is 1. The van der Waals surface area contributed by atoms with Crippen LogP contribution in [0.1, 0.15) is 26.5 Å². The first-order valence-electron chi connectivity index (χ1n) is 9.75. The molecule has 2 heterocycles. The summed E-state index contributed by atoms with van der Waals surface area (Å²) >= 11 is 0.643. The fourth-order valence-corrected chi connectivity index (χ4v) is 4.25. The van der Waals surface area contributed by atoms with E-state index in [0.29, 0.717) is 35.2 Å². The number of halogens is 3. The second-order valence-corrected chi connectivity index (χ2v) is 9.95. The van der Waals surface area contributed by atoms with E-state index in [9.17, 15) is 26.4 Å². The maximum absolute atomic E-state index is 12.9. The van der Waals surface area contributed by atoms with Gasteiger partial charge in [0.05, 0.1) is 35.8 Å². The fourth-order valence-electron chi connectivity index (χ4n) is 2.61. The lowest BCUT2D eigenvalue weighted by Gasteiger charge is -2.21. The van der Waals surface area contributed by atoms with Gasteiger partial charge >= 0.3 is 15.5 Å².